The molecule has 0 fully saturated rings. The maximum atomic E-state index is 11.6. The second kappa shape index (κ2) is 4.87. The molecule has 0 bridgehead atoms. The van der Waals surface area contributed by atoms with Gasteiger partial charge in [0, 0.05) is 0 Å². The van der Waals surface area contributed by atoms with Gasteiger partial charge in [0.15, 0.2) is 0 Å². The molecule has 17 heavy (non-hydrogen) atoms. The molecule has 3 heteroatoms. The van der Waals surface area contributed by atoms with Gasteiger partial charge in [0.2, 0.25) is 0 Å². The molecule has 88 valence electrons. The van der Waals surface area contributed by atoms with E-state index in [1.807, 2.05) is 6.92 Å². The molecule has 0 unspecified atom stereocenters. The van der Waals surface area contributed by atoms with Crippen molar-refractivity contribution in [1.82, 2.24) is 0 Å². The van der Waals surface area contributed by atoms with Gasteiger partial charge in [-0.25, -0.2) is 4.79 Å². The number of hydrogen-bond acceptors (Lipinski definition) is 3. The van der Waals surface area contributed by atoms with Gasteiger partial charge in [-0.05, 0) is 41.5 Å². The average Bonchev–Trinajstić information content (AvgIpc) is 2.35. The SMILES string of the molecule is CCCOC(=O)c1ccc2cc(O)ccc2c1. The molecule has 3 nitrogen and oxygen atoms in total. The first kappa shape index (κ1) is 11.5. The Morgan fingerprint density at radius 3 is 2.65 bits per heavy atom. The van der Waals surface area contributed by atoms with E-state index in [9.17, 15) is 9.90 Å². The lowest BCUT2D eigenvalue weighted by Gasteiger charge is -2.04. The van der Waals surface area contributed by atoms with Crippen molar-refractivity contribution in [3.63, 3.8) is 0 Å². The highest BCUT2D eigenvalue weighted by Crippen LogP contribution is 2.21. The van der Waals surface area contributed by atoms with E-state index in [0.29, 0.717) is 12.2 Å². The van der Waals surface area contributed by atoms with Gasteiger partial charge in [0.05, 0.1) is 12.2 Å². The summed E-state index contributed by atoms with van der Waals surface area (Å²) in [7, 11) is 0. The number of carbonyl (C=O) groups excluding carboxylic acids is 1. The Kier molecular flexibility index (Phi) is 3.28. The molecule has 0 atom stereocenters. The fraction of sp³-hybridized carbons (Fsp3) is 0.214. The largest absolute Gasteiger partial charge is 0.508 e. The molecular formula is C14H14O3. The number of fused-ring (bicyclic) bond motifs is 1. The van der Waals surface area contributed by atoms with E-state index in [2.05, 4.69) is 0 Å². The summed E-state index contributed by atoms with van der Waals surface area (Å²) in [6, 6.07) is 10.3. The van der Waals surface area contributed by atoms with Gasteiger partial charge in [-0.1, -0.05) is 19.1 Å². The number of hydrogen-bond donors (Lipinski definition) is 1. The van der Waals surface area contributed by atoms with Gasteiger partial charge in [-0.2, -0.15) is 0 Å². The summed E-state index contributed by atoms with van der Waals surface area (Å²) in [5.41, 5.74) is 0.539. The quantitative estimate of drug-likeness (QED) is 0.824. The standard InChI is InChI=1S/C14H14O3/c1-2-7-17-14(16)12-4-3-11-9-13(15)6-5-10(11)8-12/h3-6,8-9,15H,2,7H2,1H3. The zero-order valence-corrected chi connectivity index (χ0v) is 9.64. The minimum absolute atomic E-state index is 0.221. The van der Waals surface area contributed by atoms with Gasteiger partial charge in [0.25, 0.3) is 0 Å². The van der Waals surface area contributed by atoms with Gasteiger partial charge in [-0.3, -0.25) is 0 Å². The van der Waals surface area contributed by atoms with E-state index < -0.39 is 0 Å². The highest BCUT2D eigenvalue weighted by atomic mass is 16.5. The Labute approximate surface area is 99.6 Å². The van der Waals surface area contributed by atoms with Crippen LogP contribution in [0.25, 0.3) is 10.8 Å². The van der Waals surface area contributed by atoms with Crippen LogP contribution in [0.3, 0.4) is 0 Å². The summed E-state index contributed by atoms with van der Waals surface area (Å²) in [6.07, 6.45) is 0.813. The average molecular weight is 230 g/mol. The van der Waals surface area contributed by atoms with Crippen molar-refractivity contribution in [3.8, 4) is 5.75 Å². The highest BCUT2D eigenvalue weighted by Gasteiger charge is 2.07. The molecule has 0 aliphatic rings. The summed E-state index contributed by atoms with van der Waals surface area (Å²) >= 11 is 0. The Balaban J connectivity index is 2.31. The molecule has 0 spiro atoms. The van der Waals surface area contributed by atoms with Crippen LogP contribution < -0.4 is 0 Å². The topological polar surface area (TPSA) is 46.5 Å². The third-order valence-electron chi connectivity index (χ3n) is 2.50. The molecule has 0 saturated heterocycles. The van der Waals surface area contributed by atoms with Crippen molar-refractivity contribution in [2.24, 2.45) is 0 Å². The van der Waals surface area contributed by atoms with Gasteiger partial charge in [-0.15, -0.1) is 0 Å². The summed E-state index contributed by atoms with van der Waals surface area (Å²) in [5, 5.41) is 11.1. The van der Waals surface area contributed by atoms with Crippen LogP contribution in [0, 0.1) is 0 Å². The van der Waals surface area contributed by atoms with E-state index in [1.54, 1.807) is 36.4 Å². The summed E-state index contributed by atoms with van der Waals surface area (Å²) < 4.78 is 5.06. The fourth-order valence-electron chi connectivity index (χ4n) is 1.64. The van der Waals surface area contributed by atoms with Crippen molar-refractivity contribution in [2.45, 2.75) is 13.3 Å². The number of rotatable bonds is 3. The van der Waals surface area contributed by atoms with Crippen LogP contribution in [0.15, 0.2) is 36.4 Å². The third kappa shape index (κ3) is 2.56. The van der Waals surface area contributed by atoms with Crippen LogP contribution in [-0.2, 0) is 4.74 Å². The van der Waals surface area contributed by atoms with Crippen LogP contribution in [0.5, 0.6) is 5.75 Å². The summed E-state index contributed by atoms with van der Waals surface area (Å²) in [5.74, 6) is -0.0827. The number of phenols is 1. The van der Waals surface area contributed by atoms with Gasteiger partial charge >= 0.3 is 5.97 Å². The Bertz CT molecular complexity index is 546. The maximum absolute atomic E-state index is 11.6. The van der Waals surface area contributed by atoms with E-state index >= 15 is 0 Å². The summed E-state index contributed by atoms with van der Waals surface area (Å²) in [6.45, 7) is 2.39. The smallest absolute Gasteiger partial charge is 0.338 e. The lowest BCUT2D eigenvalue weighted by atomic mass is 10.1. The third-order valence-corrected chi connectivity index (χ3v) is 2.50. The van der Waals surface area contributed by atoms with Crippen molar-refractivity contribution in [3.05, 3.63) is 42.0 Å². The molecule has 0 heterocycles. The summed E-state index contributed by atoms with van der Waals surface area (Å²) in [4.78, 5) is 11.6. The Morgan fingerprint density at radius 1 is 1.18 bits per heavy atom. The van der Waals surface area contributed by atoms with Crippen molar-refractivity contribution in [2.75, 3.05) is 6.61 Å². The predicted molar refractivity (Wildman–Crippen MR) is 66.2 cm³/mol. The van der Waals surface area contributed by atoms with Crippen LogP contribution in [0.1, 0.15) is 23.7 Å². The van der Waals surface area contributed by atoms with E-state index in [-0.39, 0.29) is 11.7 Å². The minimum Gasteiger partial charge on any atom is -0.508 e. The molecular weight excluding hydrogens is 216 g/mol. The molecule has 2 aromatic carbocycles. The molecule has 0 aliphatic heterocycles. The lowest BCUT2D eigenvalue weighted by Crippen LogP contribution is -2.05. The second-order valence-corrected chi connectivity index (χ2v) is 3.88. The Hall–Kier alpha value is -2.03. The first-order valence-electron chi connectivity index (χ1n) is 5.60. The highest BCUT2D eigenvalue weighted by molar-refractivity contribution is 5.95. The van der Waals surface area contributed by atoms with E-state index in [4.69, 9.17) is 4.74 Å². The first-order valence-corrected chi connectivity index (χ1v) is 5.60. The first-order chi connectivity index (χ1) is 8.20. The minimum atomic E-state index is -0.304. The van der Waals surface area contributed by atoms with E-state index in [0.717, 1.165) is 17.2 Å². The molecule has 0 amide bonds. The molecule has 0 radical (unpaired) electrons. The van der Waals surface area contributed by atoms with Crippen LogP contribution in [0.2, 0.25) is 0 Å². The van der Waals surface area contributed by atoms with Crippen molar-refractivity contribution >= 4 is 16.7 Å². The fourth-order valence-corrected chi connectivity index (χ4v) is 1.64. The van der Waals surface area contributed by atoms with Crippen molar-refractivity contribution < 1.29 is 14.6 Å². The van der Waals surface area contributed by atoms with Crippen molar-refractivity contribution in [1.29, 1.82) is 0 Å². The molecule has 2 aromatic rings. The maximum Gasteiger partial charge on any atom is 0.338 e. The normalized spacial score (nSPS) is 10.4. The van der Waals surface area contributed by atoms with Gasteiger partial charge < -0.3 is 9.84 Å². The van der Waals surface area contributed by atoms with Crippen LogP contribution >= 0.6 is 0 Å². The number of aromatic hydroxyl groups is 1. The zero-order chi connectivity index (χ0) is 12.3. The number of benzene rings is 2. The zero-order valence-electron chi connectivity index (χ0n) is 9.64. The molecule has 0 aromatic heterocycles. The molecule has 0 saturated carbocycles. The molecule has 1 N–H and O–H groups in total. The van der Waals surface area contributed by atoms with Crippen LogP contribution in [-0.4, -0.2) is 17.7 Å². The number of esters is 1. The van der Waals surface area contributed by atoms with E-state index in [1.165, 1.54) is 0 Å². The number of phenolic OH excluding ortho intramolecular Hbond substituents is 1. The van der Waals surface area contributed by atoms with Crippen LogP contribution in [0.4, 0.5) is 0 Å². The predicted octanol–water partition coefficient (Wildman–Crippen LogP) is 3.11. The Morgan fingerprint density at radius 2 is 1.88 bits per heavy atom. The molecule has 0 aliphatic carbocycles. The second-order valence-electron chi connectivity index (χ2n) is 3.88. The monoisotopic (exact) mass is 230 g/mol. The lowest BCUT2D eigenvalue weighted by molar-refractivity contribution is 0.0505. The molecule has 2 rings (SSSR count). The number of ether oxygens (including phenoxy) is 1. The number of carbonyl (C=O) groups is 1. The van der Waals surface area contributed by atoms with Gasteiger partial charge in [0.1, 0.15) is 5.75 Å².